The average molecular weight is 95.1 g/mol. The number of hydrogen-bond acceptors (Lipinski definition) is 2. The van der Waals surface area contributed by atoms with Gasteiger partial charge in [-0.25, -0.2) is 0 Å². The van der Waals surface area contributed by atoms with Crippen molar-refractivity contribution in [2.45, 2.75) is 6.92 Å². The standard InChI is InChI=1S/C5H5NO/c1-2-5(3-6)4-7/h2,4H,1H3/b5-2-. The maximum absolute atomic E-state index is 9.68. The van der Waals surface area contributed by atoms with Gasteiger partial charge in [-0.2, -0.15) is 5.26 Å². The van der Waals surface area contributed by atoms with Gasteiger partial charge in [-0.1, -0.05) is 6.08 Å². The second kappa shape index (κ2) is 3.10. The van der Waals surface area contributed by atoms with E-state index in [4.69, 9.17) is 5.26 Å². The zero-order valence-corrected chi connectivity index (χ0v) is 4.01. The molecule has 0 aromatic rings. The lowest BCUT2D eigenvalue weighted by molar-refractivity contribution is -0.104. The lowest BCUT2D eigenvalue weighted by Gasteiger charge is -1.70. The van der Waals surface area contributed by atoms with Gasteiger partial charge in [0.25, 0.3) is 0 Å². The van der Waals surface area contributed by atoms with Gasteiger partial charge in [-0.05, 0) is 6.92 Å². The fourth-order valence-electron chi connectivity index (χ4n) is 0.159. The van der Waals surface area contributed by atoms with E-state index >= 15 is 0 Å². The molecule has 0 aliphatic rings. The Labute approximate surface area is 42.1 Å². The fourth-order valence-corrected chi connectivity index (χ4v) is 0.159. The van der Waals surface area contributed by atoms with Gasteiger partial charge in [0.15, 0.2) is 6.29 Å². The highest BCUT2D eigenvalue weighted by Crippen LogP contribution is 1.80. The summed E-state index contributed by atoms with van der Waals surface area (Å²) in [5, 5.41) is 7.98. The van der Waals surface area contributed by atoms with Crippen molar-refractivity contribution in [3.63, 3.8) is 0 Å². The van der Waals surface area contributed by atoms with E-state index in [1.165, 1.54) is 6.08 Å². The van der Waals surface area contributed by atoms with Gasteiger partial charge in [-0.3, -0.25) is 4.79 Å². The number of rotatable bonds is 1. The predicted molar refractivity (Wildman–Crippen MR) is 25.4 cm³/mol. The number of aldehydes is 1. The molecule has 0 aliphatic heterocycles. The Balaban J connectivity index is 3.94. The Morgan fingerprint density at radius 2 is 2.43 bits per heavy atom. The van der Waals surface area contributed by atoms with Crippen LogP contribution < -0.4 is 0 Å². The summed E-state index contributed by atoms with van der Waals surface area (Å²) >= 11 is 0. The monoisotopic (exact) mass is 95.0 g/mol. The molecule has 0 amide bonds. The molecule has 0 rings (SSSR count). The largest absolute Gasteiger partial charge is 0.297 e. The van der Waals surface area contributed by atoms with Crippen molar-refractivity contribution in [3.05, 3.63) is 11.6 Å². The summed E-state index contributed by atoms with van der Waals surface area (Å²) in [6, 6.07) is 1.69. The van der Waals surface area contributed by atoms with Crippen molar-refractivity contribution in [1.29, 1.82) is 5.26 Å². The molecule has 0 spiro atoms. The van der Waals surface area contributed by atoms with Crippen LogP contribution in [-0.2, 0) is 4.79 Å². The van der Waals surface area contributed by atoms with Crippen LogP contribution in [0.4, 0.5) is 0 Å². The summed E-state index contributed by atoms with van der Waals surface area (Å²) in [6.45, 7) is 1.65. The summed E-state index contributed by atoms with van der Waals surface area (Å²) in [5.74, 6) is 0. The summed E-state index contributed by atoms with van der Waals surface area (Å²) < 4.78 is 0. The number of carbonyl (C=O) groups is 1. The number of nitriles is 1. The second-order valence-corrected chi connectivity index (χ2v) is 0.974. The van der Waals surface area contributed by atoms with Gasteiger partial charge >= 0.3 is 0 Å². The molecule has 7 heavy (non-hydrogen) atoms. The minimum absolute atomic E-state index is 0.181. The Hall–Kier alpha value is -1.10. The Morgan fingerprint density at radius 1 is 1.86 bits per heavy atom. The molecule has 2 nitrogen and oxygen atoms in total. The van der Waals surface area contributed by atoms with Crippen LogP contribution in [-0.4, -0.2) is 6.29 Å². The van der Waals surface area contributed by atoms with Gasteiger partial charge < -0.3 is 0 Å². The minimum Gasteiger partial charge on any atom is -0.297 e. The molecule has 2 heteroatoms. The highest BCUT2D eigenvalue weighted by Gasteiger charge is 1.82. The van der Waals surface area contributed by atoms with Crippen molar-refractivity contribution in [1.82, 2.24) is 0 Å². The third-order valence-corrected chi connectivity index (χ3v) is 0.567. The van der Waals surface area contributed by atoms with Crippen LogP contribution in [0.15, 0.2) is 11.6 Å². The molecule has 36 valence electrons. The predicted octanol–water partition coefficient (Wildman–Crippen LogP) is 0.655. The zero-order valence-electron chi connectivity index (χ0n) is 4.01. The van der Waals surface area contributed by atoms with Gasteiger partial charge in [0.05, 0.1) is 5.57 Å². The first-order valence-electron chi connectivity index (χ1n) is 1.86. The molecule has 0 aromatic heterocycles. The van der Waals surface area contributed by atoms with E-state index in [9.17, 15) is 4.79 Å². The van der Waals surface area contributed by atoms with Gasteiger partial charge in [0.1, 0.15) is 6.07 Å². The molecule has 0 bridgehead atoms. The first kappa shape index (κ1) is 5.90. The molecule has 0 atom stereocenters. The number of hydrogen-bond donors (Lipinski definition) is 0. The molecule has 0 aromatic carbocycles. The summed E-state index contributed by atoms with van der Waals surface area (Å²) in [6.07, 6.45) is 1.99. The smallest absolute Gasteiger partial charge is 0.160 e. The molecular weight excluding hydrogens is 90.1 g/mol. The Kier molecular flexibility index (Phi) is 2.62. The topological polar surface area (TPSA) is 40.9 Å². The summed E-state index contributed by atoms with van der Waals surface area (Å²) in [7, 11) is 0. The van der Waals surface area contributed by atoms with Crippen LogP contribution in [0.5, 0.6) is 0 Å². The Bertz CT molecular complexity index is 130. The molecule has 0 saturated heterocycles. The van der Waals surface area contributed by atoms with E-state index in [2.05, 4.69) is 0 Å². The van der Waals surface area contributed by atoms with E-state index in [1.54, 1.807) is 13.0 Å². The third-order valence-electron chi connectivity index (χ3n) is 0.567. The Morgan fingerprint density at radius 3 is 2.43 bits per heavy atom. The lowest BCUT2D eigenvalue weighted by Crippen LogP contribution is -1.73. The molecule has 0 unspecified atom stereocenters. The number of nitrogens with zero attached hydrogens (tertiary/aromatic N) is 1. The molecule has 0 heterocycles. The van der Waals surface area contributed by atoms with E-state index in [0.717, 1.165) is 0 Å². The molecule has 0 aliphatic carbocycles. The van der Waals surface area contributed by atoms with Crippen LogP contribution in [0, 0.1) is 11.3 Å². The normalized spacial score (nSPS) is 10.0. The summed E-state index contributed by atoms with van der Waals surface area (Å²) in [4.78, 5) is 9.68. The molecule has 0 saturated carbocycles. The quantitative estimate of drug-likeness (QED) is 0.272. The van der Waals surface area contributed by atoms with Crippen LogP contribution in [0.2, 0.25) is 0 Å². The molecule has 0 N–H and O–H groups in total. The number of carbonyl (C=O) groups excluding carboxylic acids is 1. The van der Waals surface area contributed by atoms with Crippen LogP contribution in [0.25, 0.3) is 0 Å². The second-order valence-electron chi connectivity index (χ2n) is 0.974. The van der Waals surface area contributed by atoms with Crippen LogP contribution >= 0.6 is 0 Å². The summed E-state index contributed by atoms with van der Waals surface area (Å²) in [5.41, 5.74) is 0.181. The van der Waals surface area contributed by atoms with Gasteiger partial charge in [-0.15, -0.1) is 0 Å². The average Bonchev–Trinajstić information content (AvgIpc) is 1.72. The van der Waals surface area contributed by atoms with Crippen molar-refractivity contribution < 1.29 is 4.79 Å². The third kappa shape index (κ3) is 1.72. The van der Waals surface area contributed by atoms with E-state index in [1.807, 2.05) is 0 Å². The fraction of sp³-hybridized carbons (Fsp3) is 0.200. The zero-order chi connectivity index (χ0) is 5.70. The van der Waals surface area contributed by atoms with Crippen LogP contribution in [0.3, 0.4) is 0 Å². The maximum Gasteiger partial charge on any atom is 0.160 e. The van der Waals surface area contributed by atoms with Gasteiger partial charge in [0.2, 0.25) is 0 Å². The van der Waals surface area contributed by atoms with Gasteiger partial charge in [0, 0.05) is 0 Å². The van der Waals surface area contributed by atoms with E-state index in [0.29, 0.717) is 6.29 Å². The maximum atomic E-state index is 9.68. The molecule has 0 radical (unpaired) electrons. The van der Waals surface area contributed by atoms with Crippen molar-refractivity contribution >= 4 is 6.29 Å². The first-order valence-corrected chi connectivity index (χ1v) is 1.86. The lowest BCUT2D eigenvalue weighted by atomic mass is 10.3. The SMILES string of the molecule is C/C=C(/C#N)C=O. The highest BCUT2D eigenvalue weighted by atomic mass is 16.1. The van der Waals surface area contributed by atoms with Crippen molar-refractivity contribution in [3.8, 4) is 6.07 Å². The number of allylic oxidation sites excluding steroid dienone is 2. The van der Waals surface area contributed by atoms with E-state index in [-0.39, 0.29) is 5.57 Å². The first-order chi connectivity index (χ1) is 3.35. The highest BCUT2D eigenvalue weighted by molar-refractivity contribution is 5.78. The van der Waals surface area contributed by atoms with Crippen molar-refractivity contribution in [2.24, 2.45) is 0 Å². The van der Waals surface area contributed by atoms with Crippen molar-refractivity contribution in [2.75, 3.05) is 0 Å². The van der Waals surface area contributed by atoms with E-state index < -0.39 is 0 Å². The van der Waals surface area contributed by atoms with Crippen LogP contribution in [0.1, 0.15) is 6.92 Å². The molecular formula is C5H5NO. The minimum atomic E-state index is 0.181. The molecule has 0 fully saturated rings.